The second kappa shape index (κ2) is 12.6. The summed E-state index contributed by atoms with van der Waals surface area (Å²) in [6.07, 6.45) is 21.8. The molecule has 0 radical (unpaired) electrons. The normalized spacial score (nSPS) is 13.0. The zero-order chi connectivity index (χ0) is 16.0. The van der Waals surface area contributed by atoms with Crippen molar-refractivity contribution in [3.63, 3.8) is 0 Å². The van der Waals surface area contributed by atoms with Crippen molar-refractivity contribution in [2.24, 2.45) is 5.41 Å². The molecule has 0 spiro atoms. The molecule has 0 fully saturated rings. The summed E-state index contributed by atoms with van der Waals surface area (Å²) in [5, 5.41) is 0. The van der Waals surface area contributed by atoms with Crippen LogP contribution in [-0.2, 0) is 4.79 Å². The van der Waals surface area contributed by atoms with E-state index in [2.05, 4.69) is 43.4 Å². The van der Waals surface area contributed by atoms with E-state index in [0.29, 0.717) is 5.78 Å². The fourth-order valence-electron chi connectivity index (χ4n) is 1.93. The molecule has 0 rings (SSSR count). The van der Waals surface area contributed by atoms with Crippen molar-refractivity contribution in [2.75, 3.05) is 0 Å². The van der Waals surface area contributed by atoms with Gasteiger partial charge in [-0.15, -0.1) is 0 Å². The number of hydrogen-bond donors (Lipinski definition) is 0. The number of rotatable bonds is 11. The maximum Gasteiger partial charge on any atom is 0.138 e. The summed E-state index contributed by atoms with van der Waals surface area (Å²) in [6, 6.07) is 0. The minimum absolute atomic E-state index is 0.168. The third-order valence-corrected chi connectivity index (χ3v) is 3.39. The van der Waals surface area contributed by atoms with E-state index >= 15 is 0 Å². The molecular formula is C20H34O. The summed E-state index contributed by atoms with van der Waals surface area (Å²) in [5.41, 5.74) is -0.168. The van der Waals surface area contributed by atoms with E-state index in [1.54, 1.807) is 0 Å². The molecule has 0 amide bonds. The summed E-state index contributed by atoms with van der Waals surface area (Å²) >= 11 is 0. The maximum absolute atomic E-state index is 11.7. The molecule has 0 aliphatic rings. The Morgan fingerprint density at radius 1 is 0.810 bits per heavy atom. The molecule has 0 saturated carbocycles. The third-order valence-electron chi connectivity index (χ3n) is 3.39. The molecule has 0 N–H and O–H groups in total. The van der Waals surface area contributed by atoms with Crippen molar-refractivity contribution < 1.29 is 4.79 Å². The smallest absolute Gasteiger partial charge is 0.138 e. The quantitative estimate of drug-likeness (QED) is 0.317. The largest absolute Gasteiger partial charge is 0.299 e. The standard InChI is InChI=1S/C20H34O/c1-5-6-7-8-9-10-11-12-13-14-15-16-17-18-19(21)20(2,3)4/h6-7,9-10,12-13H,5,8,11,14-18H2,1-4H3/b7-6-,10-9-,13-12-. The monoisotopic (exact) mass is 290 g/mol. The molecule has 1 heteroatoms. The summed E-state index contributed by atoms with van der Waals surface area (Å²) in [6.45, 7) is 8.17. The van der Waals surface area contributed by atoms with E-state index in [9.17, 15) is 4.79 Å². The Balaban J connectivity index is 3.45. The van der Waals surface area contributed by atoms with Crippen molar-refractivity contribution in [3.8, 4) is 0 Å². The first-order chi connectivity index (χ1) is 9.98. The van der Waals surface area contributed by atoms with Gasteiger partial charge in [-0.1, -0.05) is 70.6 Å². The van der Waals surface area contributed by atoms with Gasteiger partial charge in [-0.05, 0) is 38.5 Å². The first-order valence-electron chi connectivity index (χ1n) is 8.46. The lowest BCUT2D eigenvalue weighted by Gasteiger charge is -2.15. The molecule has 1 nitrogen and oxygen atoms in total. The van der Waals surface area contributed by atoms with E-state index in [1.807, 2.05) is 20.8 Å². The average molecular weight is 290 g/mol. The highest BCUT2D eigenvalue weighted by Gasteiger charge is 2.19. The highest BCUT2D eigenvalue weighted by Crippen LogP contribution is 2.18. The van der Waals surface area contributed by atoms with E-state index < -0.39 is 0 Å². The van der Waals surface area contributed by atoms with Crippen LogP contribution in [-0.4, -0.2) is 5.78 Å². The Morgan fingerprint density at radius 2 is 1.38 bits per heavy atom. The molecule has 0 aliphatic carbocycles. The lowest BCUT2D eigenvalue weighted by molar-refractivity contribution is -0.126. The van der Waals surface area contributed by atoms with E-state index in [-0.39, 0.29) is 5.41 Å². The lowest BCUT2D eigenvalue weighted by Crippen LogP contribution is -2.19. The molecule has 0 aliphatic heterocycles. The van der Waals surface area contributed by atoms with Gasteiger partial charge in [0.15, 0.2) is 0 Å². The fraction of sp³-hybridized carbons (Fsp3) is 0.650. The number of carbonyl (C=O) groups is 1. The average Bonchev–Trinajstić information content (AvgIpc) is 2.42. The van der Waals surface area contributed by atoms with Crippen LogP contribution >= 0.6 is 0 Å². The van der Waals surface area contributed by atoms with Gasteiger partial charge < -0.3 is 0 Å². The molecule has 0 atom stereocenters. The van der Waals surface area contributed by atoms with Crippen molar-refractivity contribution in [1.29, 1.82) is 0 Å². The number of Topliss-reactive ketones (excluding diaryl/α,β-unsaturated/α-hetero) is 1. The highest BCUT2D eigenvalue weighted by atomic mass is 16.1. The van der Waals surface area contributed by atoms with E-state index in [4.69, 9.17) is 0 Å². The summed E-state index contributed by atoms with van der Waals surface area (Å²) in [5.74, 6) is 0.389. The van der Waals surface area contributed by atoms with Gasteiger partial charge in [-0.25, -0.2) is 0 Å². The molecule has 0 unspecified atom stereocenters. The van der Waals surface area contributed by atoms with Gasteiger partial charge >= 0.3 is 0 Å². The second-order valence-corrected chi connectivity index (χ2v) is 6.57. The van der Waals surface area contributed by atoms with Crippen LogP contribution in [0.2, 0.25) is 0 Å². The van der Waals surface area contributed by atoms with Crippen LogP contribution in [0.5, 0.6) is 0 Å². The van der Waals surface area contributed by atoms with Crippen LogP contribution in [0.15, 0.2) is 36.5 Å². The lowest BCUT2D eigenvalue weighted by atomic mass is 9.88. The Morgan fingerprint density at radius 3 is 1.95 bits per heavy atom. The van der Waals surface area contributed by atoms with Crippen molar-refractivity contribution >= 4 is 5.78 Å². The molecule has 0 heterocycles. The van der Waals surface area contributed by atoms with Gasteiger partial charge in [-0.2, -0.15) is 0 Å². The number of unbranched alkanes of at least 4 members (excludes halogenated alkanes) is 3. The predicted octanol–water partition coefficient (Wildman–Crippen LogP) is 6.41. The molecule has 0 bridgehead atoms. The zero-order valence-corrected chi connectivity index (χ0v) is 14.5. The maximum atomic E-state index is 11.7. The van der Waals surface area contributed by atoms with E-state index in [1.165, 1.54) is 6.42 Å². The number of ketones is 1. The second-order valence-electron chi connectivity index (χ2n) is 6.57. The van der Waals surface area contributed by atoms with Crippen LogP contribution in [0.1, 0.15) is 79.1 Å². The predicted molar refractivity (Wildman–Crippen MR) is 94.5 cm³/mol. The SMILES string of the molecule is CC/C=C\C/C=C\C/C=C\CCCCCC(=O)C(C)(C)C. The van der Waals surface area contributed by atoms with Crippen molar-refractivity contribution in [1.82, 2.24) is 0 Å². The Bertz CT molecular complexity index is 339. The number of carbonyl (C=O) groups excluding carboxylic acids is 1. The molecular weight excluding hydrogens is 256 g/mol. The number of hydrogen-bond acceptors (Lipinski definition) is 1. The van der Waals surface area contributed by atoms with Gasteiger partial charge in [0.2, 0.25) is 0 Å². The first-order valence-corrected chi connectivity index (χ1v) is 8.46. The minimum Gasteiger partial charge on any atom is -0.299 e. The van der Waals surface area contributed by atoms with Crippen molar-refractivity contribution in [3.05, 3.63) is 36.5 Å². The molecule has 0 saturated heterocycles. The summed E-state index contributed by atoms with van der Waals surface area (Å²) in [7, 11) is 0. The fourth-order valence-corrected chi connectivity index (χ4v) is 1.93. The Labute approximate surface area is 132 Å². The van der Waals surface area contributed by atoms with Gasteiger partial charge in [0.25, 0.3) is 0 Å². The molecule has 120 valence electrons. The van der Waals surface area contributed by atoms with Crippen LogP contribution in [0.3, 0.4) is 0 Å². The highest BCUT2D eigenvalue weighted by molar-refractivity contribution is 5.83. The first kappa shape index (κ1) is 19.9. The number of allylic oxidation sites excluding steroid dienone is 6. The Hall–Kier alpha value is -1.11. The van der Waals surface area contributed by atoms with Gasteiger partial charge in [0.1, 0.15) is 5.78 Å². The zero-order valence-electron chi connectivity index (χ0n) is 14.5. The topological polar surface area (TPSA) is 17.1 Å². The van der Waals surface area contributed by atoms with Gasteiger partial charge in [0.05, 0.1) is 0 Å². The summed E-state index contributed by atoms with van der Waals surface area (Å²) in [4.78, 5) is 11.7. The van der Waals surface area contributed by atoms with Crippen LogP contribution in [0.4, 0.5) is 0 Å². The van der Waals surface area contributed by atoms with Crippen LogP contribution < -0.4 is 0 Å². The molecule has 21 heavy (non-hydrogen) atoms. The van der Waals surface area contributed by atoms with Crippen molar-refractivity contribution in [2.45, 2.75) is 79.1 Å². The van der Waals surface area contributed by atoms with Crippen LogP contribution in [0.25, 0.3) is 0 Å². The molecule has 0 aromatic carbocycles. The third kappa shape index (κ3) is 13.6. The molecule has 0 aromatic rings. The van der Waals surface area contributed by atoms with Gasteiger partial charge in [0, 0.05) is 11.8 Å². The Kier molecular flexibility index (Phi) is 12.0. The minimum atomic E-state index is -0.168. The van der Waals surface area contributed by atoms with Crippen LogP contribution in [0, 0.1) is 5.41 Å². The van der Waals surface area contributed by atoms with E-state index in [0.717, 1.165) is 44.9 Å². The van der Waals surface area contributed by atoms with Gasteiger partial charge in [-0.3, -0.25) is 4.79 Å². The summed E-state index contributed by atoms with van der Waals surface area (Å²) < 4.78 is 0. The molecule has 0 aromatic heterocycles.